The number of carbonyl (C=O) groups is 1. The van der Waals surface area contributed by atoms with Crippen molar-refractivity contribution in [3.05, 3.63) is 81.8 Å². The molecule has 1 aromatic carbocycles. The molecule has 0 aliphatic carbocycles. The third-order valence-electron chi connectivity index (χ3n) is 4.23. The van der Waals surface area contributed by atoms with Crippen LogP contribution in [0.15, 0.2) is 64.8 Å². The van der Waals surface area contributed by atoms with Gasteiger partial charge in [0.1, 0.15) is 23.1 Å². The maximum atomic E-state index is 13.2. The van der Waals surface area contributed by atoms with E-state index < -0.39 is 17.3 Å². The minimum Gasteiger partial charge on any atom is -0.451 e. The number of amides is 1. The van der Waals surface area contributed by atoms with Gasteiger partial charge in [0, 0.05) is 31.4 Å². The van der Waals surface area contributed by atoms with E-state index in [4.69, 9.17) is 4.74 Å². The standard InChI is InChI=1S/C21H19FN4O4/c1-4-18(27)24-17-10-15(12-9-16(23-2)21(29)26(3)11-12)19(20(28)25-17)30-14-7-5-13(22)6-8-14/h4-11,23H,1H2,2-3H3,(H2,24,25,27,28). The summed E-state index contributed by atoms with van der Waals surface area (Å²) in [6, 6.07) is 8.23. The number of anilines is 2. The van der Waals surface area contributed by atoms with Crippen LogP contribution in [0, 0.1) is 5.82 Å². The van der Waals surface area contributed by atoms with Crippen LogP contribution in [0.5, 0.6) is 11.5 Å². The van der Waals surface area contributed by atoms with Gasteiger partial charge in [0.05, 0.1) is 0 Å². The molecular weight excluding hydrogens is 391 g/mol. The zero-order chi connectivity index (χ0) is 21.8. The molecule has 0 fully saturated rings. The molecule has 0 aliphatic heterocycles. The number of aromatic nitrogens is 2. The predicted molar refractivity (Wildman–Crippen MR) is 113 cm³/mol. The van der Waals surface area contributed by atoms with E-state index in [2.05, 4.69) is 22.2 Å². The summed E-state index contributed by atoms with van der Waals surface area (Å²) >= 11 is 0. The van der Waals surface area contributed by atoms with Gasteiger partial charge >= 0.3 is 0 Å². The number of halogens is 1. The summed E-state index contributed by atoms with van der Waals surface area (Å²) in [7, 11) is 3.17. The van der Waals surface area contributed by atoms with E-state index >= 15 is 0 Å². The fraction of sp³-hybridized carbons (Fsp3) is 0.0952. The molecule has 9 heteroatoms. The monoisotopic (exact) mass is 410 g/mol. The maximum Gasteiger partial charge on any atom is 0.293 e. The smallest absolute Gasteiger partial charge is 0.293 e. The van der Waals surface area contributed by atoms with Crippen LogP contribution in [0.3, 0.4) is 0 Å². The molecule has 0 spiro atoms. The first-order valence-corrected chi connectivity index (χ1v) is 8.85. The first-order chi connectivity index (χ1) is 14.3. The Labute approximate surface area is 170 Å². The third-order valence-corrected chi connectivity index (χ3v) is 4.23. The van der Waals surface area contributed by atoms with Crippen LogP contribution >= 0.6 is 0 Å². The molecule has 30 heavy (non-hydrogen) atoms. The Balaban J connectivity index is 2.21. The van der Waals surface area contributed by atoms with E-state index in [-0.39, 0.29) is 22.9 Å². The number of pyridine rings is 2. The van der Waals surface area contributed by atoms with Gasteiger partial charge < -0.3 is 24.9 Å². The molecule has 0 unspecified atom stereocenters. The molecule has 0 bridgehead atoms. The normalized spacial score (nSPS) is 10.4. The van der Waals surface area contributed by atoms with Gasteiger partial charge in [-0.15, -0.1) is 0 Å². The Morgan fingerprint density at radius 1 is 1.23 bits per heavy atom. The van der Waals surface area contributed by atoms with E-state index in [0.29, 0.717) is 16.8 Å². The number of nitrogens with zero attached hydrogens (tertiary/aromatic N) is 1. The molecule has 0 radical (unpaired) electrons. The Morgan fingerprint density at radius 2 is 1.93 bits per heavy atom. The Kier molecular flexibility index (Phi) is 5.82. The van der Waals surface area contributed by atoms with Crippen LogP contribution in [-0.2, 0) is 11.8 Å². The first kappa shape index (κ1) is 20.6. The maximum absolute atomic E-state index is 13.2. The molecule has 8 nitrogen and oxygen atoms in total. The molecule has 3 N–H and O–H groups in total. The number of ether oxygens (including phenoxy) is 1. The highest BCUT2D eigenvalue weighted by Crippen LogP contribution is 2.32. The summed E-state index contributed by atoms with van der Waals surface area (Å²) < 4.78 is 20.3. The number of carbonyl (C=O) groups excluding carboxylic acids is 1. The van der Waals surface area contributed by atoms with Gasteiger partial charge in [-0.2, -0.15) is 0 Å². The quantitative estimate of drug-likeness (QED) is 0.542. The summed E-state index contributed by atoms with van der Waals surface area (Å²) in [6.07, 6.45) is 2.60. The van der Waals surface area contributed by atoms with Crippen molar-refractivity contribution in [1.82, 2.24) is 9.55 Å². The number of H-pyrrole nitrogens is 1. The van der Waals surface area contributed by atoms with E-state index in [1.165, 1.54) is 41.1 Å². The lowest BCUT2D eigenvalue weighted by Gasteiger charge is -2.14. The SMILES string of the molecule is C=CC(=O)Nc1cc(-c2cc(NC)c(=O)n(C)c2)c(Oc2ccc(F)cc2)c(=O)[nH]1. The van der Waals surface area contributed by atoms with Crippen molar-refractivity contribution in [1.29, 1.82) is 0 Å². The Bertz CT molecular complexity index is 1230. The molecule has 3 rings (SSSR count). The lowest BCUT2D eigenvalue weighted by Crippen LogP contribution is -2.20. The molecule has 154 valence electrons. The van der Waals surface area contributed by atoms with E-state index in [9.17, 15) is 18.8 Å². The van der Waals surface area contributed by atoms with Crippen LogP contribution in [0.4, 0.5) is 15.9 Å². The molecule has 3 aromatic rings. The van der Waals surface area contributed by atoms with Crippen LogP contribution in [0.25, 0.3) is 11.1 Å². The molecule has 1 amide bonds. The van der Waals surface area contributed by atoms with Gasteiger partial charge in [0.25, 0.3) is 11.1 Å². The second kappa shape index (κ2) is 8.48. The fourth-order valence-electron chi connectivity index (χ4n) is 2.77. The average Bonchev–Trinajstić information content (AvgIpc) is 2.73. The highest BCUT2D eigenvalue weighted by molar-refractivity contribution is 5.98. The minimum absolute atomic E-state index is 0.0843. The number of nitrogens with one attached hydrogen (secondary N) is 3. The Morgan fingerprint density at radius 3 is 2.57 bits per heavy atom. The van der Waals surface area contributed by atoms with Crippen molar-refractivity contribution >= 4 is 17.4 Å². The Hall–Kier alpha value is -4.14. The molecule has 0 saturated heterocycles. The number of hydrogen-bond acceptors (Lipinski definition) is 5. The third kappa shape index (κ3) is 4.30. The van der Waals surface area contributed by atoms with Crippen molar-refractivity contribution in [3.8, 4) is 22.6 Å². The van der Waals surface area contributed by atoms with Crippen molar-refractivity contribution in [3.63, 3.8) is 0 Å². The minimum atomic E-state index is -0.629. The summed E-state index contributed by atoms with van der Waals surface area (Å²) in [4.78, 5) is 39.2. The van der Waals surface area contributed by atoms with Gasteiger partial charge in [0.2, 0.25) is 5.91 Å². The van der Waals surface area contributed by atoms with Crippen LogP contribution in [-0.4, -0.2) is 22.5 Å². The average molecular weight is 410 g/mol. The van der Waals surface area contributed by atoms with E-state index in [1.54, 1.807) is 20.2 Å². The summed E-state index contributed by atoms with van der Waals surface area (Å²) in [6.45, 7) is 3.38. The van der Waals surface area contributed by atoms with Crippen LogP contribution in [0.1, 0.15) is 0 Å². The van der Waals surface area contributed by atoms with Gasteiger partial charge in [-0.1, -0.05) is 6.58 Å². The van der Waals surface area contributed by atoms with Gasteiger partial charge in [0.15, 0.2) is 5.75 Å². The zero-order valence-corrected chi connectivity index (χ0v) is 16.3. The van der Waals surface area contributed by atoms with Crippen molar-refractivity contribution < 1.29 is 13.9 Å². The van der Waals surface area contributed by atoms with Crippen molar-refractivity contribution in [2.75, 3.05) is 17.7 Å². The summed E-state index contributed by atoms with van der Waals surface area (Å²) in [5.74, 6) is -0.689. The van der Waals surface area contributed by atoms with Crippen molar-refractivity contribution in [2.45, 2.75) is 0 Å². The fourth-order valence-corrected chi connectivity index (χ4v) is 2.77. The number of aryl methyl sites for hydroxylation is 1. The van der Waals surface area contributed by atoms with Crippen molar-refractivity contribution in [2.24, 2.45) is 7.05 Å². The first-order valence-electron chi connectivity index (χ1n) is 8.85. The number of aromatic amines is 1. The lowest BCUT2D eigenvalue weighted by molar-refractivity contribution is -0.111. The number of rotatable bonds is 6. The van der Waals surface area contributed by atoms with E-state index in [1.807, 2.05) is 0 Å². The molecular formula is C21H19FN4O4. The highest BCUT2D eigenvalue weighted by Gasteiger charge is 2.17. The van der Waals surface area contributed by atoms with Crippen LogP contribution in [0.2, 0.25) is 0 Å². The molecule has 0 atom stereocenters. The second-order valence-corrected chi connectivity index (χ2v) is 6.31. The largest absolute Gasteiger partial charge is 0.451 e. The van der Waals surface area contributed by atoms with E-state index in [0.717, 1.165) is 6.08 Å². The lowest BCUT2D eigenvalue weighted by atomic mass is 10.1. The van der Waals surface area contributed by atoms with Crippen LogP contribution < -0.4 is 26.5 Å². The molecule has 2 aromatic heterocycles. The zero-order valence-electron chi connectivity index (χ0n) is 16.3. The summed E-state index contributed by atoms with van der Waals surface area (Å²) in [5.41, 5.74) is 0.219. The number of hydrogen-bond donors (Lipinski definition) is 3. The predicted octanol–water partition coefficient (Wildman–Crippen LogP) is 2.84. The van der Waals surface area contributed by atoms with Gasteiger partial charge in [-0.3, -0.25) is 14.4 Å². The molecule has 2 heterocycles. The second-order valence-electron chi connectivity index (χ2n) is 6.31. The highest BCUT2D eigenvalue weighted by atomic mass is 19.1. The van der Waals surface area contributed by atoms with Gasteiger partial charge in [-0.25, -0.2) is 4.39 Å². The molecule has 0 saturated carbocycles. The number of benzene rings is 1. The summed E-state index contributed by atoms with van der Waals surface area (Å²) in [5, 5.41) is 5.30. The topological polar surface area (TPSA) is 105 Å². The van der Waals surface area contributed by atoms with Gasteiger partial charge in [-0.05, 0) is 42.5 Å². The molecule has 0 aliphatic rings.